The number of anilines is 2. The summed E-state index contributed by atoms with van der Waals surface area (Å²) in [6.07, 6.45) is 0.723. The monoisotopic (exact) mass is 298 g/mol. The van der Waals surface area contributed by atoms with Gasteiger partial charge >= 0.3 is 6.01 Å². The number of nitrogens with two attached hydrogens (primary N) is 1. The zero-order chi connectivity index (χ0) is 15.9. The molecule has 0 fully saturated rings. The van der Waals surface area contributed by atoms with E-state index >= 15 is 0 Å². The number of rotatable bonds is 9. The van der Waals surface area contributed by atoms with Crippen molar-refractivity contribution in [3.63, 3.8) is 0 Å². The number of nitrogens with one attached hydrogen (secondary N) is 1. The van der Waals surface area contributed by atoms with Crippen LogP contribution < -0.4 is 20.9 Å². The Balaban J connectivity index is 2.79. The summed E-state index contributed by atoms with van der Waals surface area (Å²) in [4.78, 5) is 14.6. The van der Waals surface area contributed by atoms with Crippen molar-refractivity contribution in [3.8, 4) is 6.01 Å². The molecule has 3 N–H and O–H groups in total. The SMILES string of the molecule is CCN(CC)c1nc(NN)nc(OCCC(C)(C)OC)n1. The normalized spacial score (nSPS) is 11.3. The van der Waals surface area contributed by atoms with Gasteiger partial charge in [-0.1, -0.05) is 0 Å². The lowest BCUT2D eigenvalue weighted by Gasteiger charge is -2.22. The molecule has 21 heavy (non-hydrogen) atoms. The van der Waals surface area contributed by atoms with Gasteiger partial charge < -0.3 is 14.4 Å². The van der Waals surface area contributed by atoms with Gasteiger partial charge in [0.05, 0.1) is 12.2 Å². The van der Waals surface area contributed by atoms with Crippen LogP contribution in [-0.2, 0) is 4.74 Å². The number of hydrogen-bond donors (Lipinski definition) is 2. The van der Waals surface area contributed by atoms with Crippen molar-refractivity contribution in [2.24, 2.45) is 5.84 Å². The highest BCUT2D eigenvalue weighted by molar-refractivity contribution is 5.37. The summed E-state index contributed by atoms with van der Waals surface area (Å²) in [5, 5.41) is 0. The standard InChI is InChI=1S/C13H26N6O2/c1-6-19(7-2)11-15-10(18-14)16-12(17-11)21-9-8-13(3,4)20-5/h6-9,14H2,1-5H3,(H,15,16,17,18). The molecule has 1 aromatic heterocycles. The van der Waals surface area contributed by atoms with Gasteiger partial charge in [-0.3, -0.25) is 5.43 Å². The van der Waals surface area contributed by atoms with Crippen molar-refractivity contribution in [1.29, 1.82) is 0 Å². The van der Waals surface area contributed by atoms with E-state index in [9.17, 15) is 0 Å². The van der Waals surface area contributed by atoms with Crippen LogP contribution in [0.4, 0.5) is 11.9 Å². The van der Waals surface area contributed by atoms with Crippen molar-refractivity contribution < 1.29 is 9.47 Å². The van der Waals surface area contributed by atoms with Gasteiger partial charge in [-0.15, -0.1) is 0 Å². The zero-order valence-electron chi connectivity index (χ0n) is 13.5. The summed E-state index contributed by atoms with van der Waals surface area (Å²) in [5.41, 5.74) is 2.19. The molecule has 0 aromatic carbocycles. The fraction of sp³-hybridized carbons (Fsp3) is 0.769. The molecule has 0 unspecified atom stereocenters. The molecule has 8 nitrogen and oxygen atoms in total. The average molecular weight is 298 g/mol. The Morgan fingerprint density at radius 3 is 2.38 bits per heavy atom. The highest BCUT2D eigenvalue weighted by atomic mass is 16.5. The molecule has 0 amide bonds. The molecule has 0 aliphatic heterocycles. The lowest BCUT2D eigenvalue weighted by atomic mass is 10.1. The molecular formula is C13H26N6O2. The van der Waals surface area contributed by atoms with Crippen LogP contribution in [-0.4, -0.2) is 47.4 Å². The molecule has 8 heteroatoms. The van der Waals surface area contributed by atoms with Gasteiger partial charge in [0.25, 0.3) is 0 Å². The topological polar surface area (TPSA) is 98.4 Å². The van der Waals surface area contributed by atoms with Crippen LogP contribution in [0.5, 0.6) is 6.01 Å². The Bertz CT molecular complexity index is 437. The summed E-state index contributed by atoms with van der Waals surface area (Å²) >= 11 is 0. The first kappa shape index (κ1) is 17.4. The molecule has 0 aliphatic carbocycles. The van der Waals surface area contributed by atoms with Crippen molar-refractivity contribution >= 4 is 11.9 Å². The first-order chi connectivity index (χ1) is 9.95. The number of nitrogens with zero attached hydrogens (tertiary/aromatic N) is 4. The van der Waals surface area contributed by atoms with Crippen molar-refractivity contribution in [1.82, 2.24) is 15.0 Å². The second-order valence-corrected chi connectivity index (χ2v) is 5.12. The molecule has 0 radical (unpaired) electrons. The number of aromatic nitrogens is 3. The molecule has 0 atom stereocenters. The highest BCUT2D eigenvalue weighted by Gasteiger charge is 2.17. The van der Waals surface area contributed by atoms with E-state index in [1.54, 1.807) is 7.11 Å². The fourth-order valence-electron chi connectivity index (χ4n) is 1.61. The summed E-state index contributed by atoms with van der Waals surface area (Å²) in [6, 6.07) is 0.256. The first-order valence-electron chi connectivity index (χ1n) is 7.11. The molecule has 0 aliphatic rings. The van der Waals surface area contributed by atoms with E-state index in [1.165, 1.54) is 0 Å². The average Bonchev–Trinajstić information content (AvgIpc) is 2.48. The maximum atomic E-state index is 5.60. The summed E-state index contributed by atoms with van der Waals surface area (Å²) in [7, 11) is 1.68. The number of hydrazine groups is 1. The third-order valence-corrected chi connectivity index (χ3v) is 3.27. The van der Waals surface area contributed by atoms with E-state index in [0.29, 0.717) is 12.6 Å². The minimum atomic E-state index is -0.246. The van der Waals surface area contributed by atoms with E-state index in [1.807, 2.05) is 32.6 Å². The molecule has 120 valence electrons. The Labute approximate surface area is 126 Å². The second-order valence-electron chi connectivity index (χ2n) is 5.12. The van der Waals surface area contributed by atoms with Gasteiger partial charge in [0, 0.05) is 26.6 Å². The van der Waals surface area contributed by atoms with Gasteiger partial charge in [-0.25, -0.2) is 5.84 Å². The minimum Gasteiger partial charge on any atom is -0.463 e. The van der Waals surface area contributed by atoms with Crippen LogP contribution in [0.3, 0.4) is 0 Å². The lowest BCUT2D eigenvalue weighted by Crippen LogP contribution is -2.27. The number of nitrogen functional groups attached to an aromatic ring is 1. The van der Waals surface area contributed by atoms with Crippen LogP contribution in [0.2, 0.25) is 0 Å². The Hall–Kier alpha value is -1.67. The number of methoxy groups -OCH3 is 1. The van der Waals surface area contributed by atoms with Gasteiger partial charge in [0.2, 0.25) is 11.9 Å². The smallest absolute Gasteiger partial charge is 0.323 e. The Morgan fingerprint density at radius 1 is 1.19 bits per heavy atom. The maximum absolute atomic E-state index is 5.60. The van der Waals surface area contributed by atoms with E-state index in [-0.39, 0.29) is 17.6 Å². The fourth-order valence-corrected chi connectivity index (χ4v) is 1.61. The van der Waals surface area contributed by atoms with Gasteiger partial charge in [-0.2, -0.15) is 15.0 Å². The molecule has 0 saturated carbocycles. The predicted octanol–water partition coefficient (Wildman–Crippen LogP) is 1.20. The first-order valence-corrected chi connectivity index (χ1v) is 7.11. The number of hydrogen-bond acceptors (Lipinski definition) is 8. The lowest BCUT2D eigenvalue weighted by molar-refractivity contribution is 0.00468. The Morgan fingerprint density at radius 2 is 1.86 bits per heavy atom. The number of ether oxygens (including phenoxy) is 2. The third-order valence-electron chi connectivity index (χ3n) is 3.27. The van der Waals surface area contributed by atoms with Gasteiger partial charge in [0.1, 0.15) is 0 Å². The van der Waals surface area contributed by atoms with Crippen LogP contribution in [0, 0.1) is 0 Å². The Kier molecular flexibility index (Phi) is 6.57. The summed E-state index contributed by atoms with van der Waals surface area (Å²) < 4.78 is 10.9. The van der Waals surface area contributed by atoms with E-state index in [2.05, 4.69) is 20.4 Å². The quantitative estimate of drug-likeness (QED) is 0.518. The van der Waals surface area contributed by atoms with Gasteiger partial charge in [0.15, 0.2) is 0 Å². The molecule has 1 aromatic rings. The second kappa shape index (κ2) is 7.94. The highest BCUT2D eigenvalue weighted by Crippen LogP contribution is 2.16. The summed E-state index contributed by atoms with van der Waals surface area (Å²) in [6.45, 7) is 10.1. The van der Waals surface area contributed by atoms with E-state index in [0.717, 1.165) is 19.5 Å². The van der Waals surface area contributed by atoms with Crippen molar-refractivity contribution in [3.05, 3.63) is 0 Å². The molecule has 1 rings (SSSR count). The van der Waals surface area contributed by atoms with Crippen LogP contribution in [0.25, 0.3) is 0 Å². The van der Waals surface area contributed by atoms with Crippen LogP contribution in [0.1, 0.15) is 34.1 Å². The molecule has 1 heterocycles. The largest absolute Gasteiger partial charge is 0.463 e. The third kappa shape index (κ3) is 5.31. The molecule has 0 saturated heterocycles. The van der Waals surface area contributed by atoms with Crippen molar-refractivity contribution in [2.75, 3.05) is 37.1 Å². The zero-order valence-corrected chi connectivity index (χ0v) is 13.5. The predicted molar refractivity (Wildman–Crippen MR) is 82.4 cm³/mol. The van der Waals surface area contributed by atoms with Gasteiger partial charge in [-0.05, 0) is 27.7 Å². The van der Waals surface area contributed by atoms with E-state index < -0.39 is 0 Å². The minimum absolute atomic E-state index is 0.246. The van der Waals surface area contributed by atoms with Crippen LogP contribution in [0.15, 0.2) is 0 Å². The molecular weight excluding hydrogens is 272 g/mol. The van der Waals surface area contributed by atoms with E-state index in [4.69, 9.17) is 15.3 Å². The molecule has 0 bridgehead atoms. The van der Waals surface area contributed by atoms with Crippen molar-refractivity contribution in [2.45, 2.75) is 39.7 Å². The molecule has 0 spiro atoms. The summed E-state index contributed by atoms with van der Waals surface area (Å²) in [5.74, 6) is 6.22. The van der Waals surface area contributed by atoms with Crippen LogP contribution >= 0.6 is 0 Å². The maximum Gasteiger partial charge on any atom is 0.323 e.